The molecule has 2 aliphatic carbocycles. The van der Waals surface area contributed by atoms with Crippen LogP contribution in [0.4, 0.5) is 18.9 Å². The van der Waals surface area contributed by atoms with Gasteiger partial charge in [0, 0.05) is 21.7 Å². The number of rotatable bonds is 5. The number of thioether (sulfide) groups is 1. The van der Waals surface area contributed by atoms with Crippen molar-refractivity contribution >= 4 is 46.5 Å². The second kappa shape index (κ2) is 9.98. The number of amides is 3. The van der Waals surface area contributed by atoms with Gasteiger partial charge in [0.2, 0.25) is 17.7 Å². The highest BCUT2D eigenvalue weighted by atomic mass is 32.2. The fourth-order valence-corrected chi connectivity index (χ4v) is 10.6. The Morgan fingerprint density at radius 2 is 1.77 bits per heavy atom. The van der Waals surface area contributed by atoms with E-state index in [4.69, 9.17) is 4.74 Å². The molecule has 1 saturated heterocycles. The quantitative estimate of drug-likeness (QED) is 0.386. The molecule has 2 saturated carbocycles. The van der Waals surface area contributed by atoms with Crippen LogP contribution in [0.2, 0.25) is 0 Å². The molecule has 2 aliphatic heterocycles. The first-order valence-corrected chi connectivity index (χ1v) is 15.6. The van der Waals surface area contributed by atoms with Crippen LogP contribution in [-0.4, -0.2) is 46.0 Å². The van der Waals surface area contributed by atoms with E-state index < -0.39 is 47.3 Å². The molecule has 7 rings (SSSR count). The lowest BCUT2D eigenvalue weighted by molar-refractivity contribution is -0.146. The summed E-state index contributed by atoms with van der Waals surface area (Å²) >= 11 is 2.74. The van der Waals surface area contributed by atoms with Crippen molar-refractivity contribution in [2.24, 2.45) is 29.6 Å². The Kier molecular flexibility index (Phi) is 6.55. The van der Waals surface area contributed by atoms with Crippen molar-refractivity contribution in [2.45, 2.75) is 41.8 Å². The number of nitrogens with one attached hydrogen (secondary N) is 2. The maximum Gasteiger partial charge on any atom is 0.416 e. The number of halogens is 3. The lowest BCUT2D eigenvalue weighted by Crippen LogP contribution is -2.46. The number of H-pyrrole nitrogens is 1. The maximum atomic E-state index is 13.9. The van der Waals surface area contributed by atoms with Gasteiger partial charge in [0.05, 0.1) is 29.5 Å². The van der Waals surface area contributed by atoms with Crippen LogP contribution in [0, 0.1) is 29.6 Å². The fourth-order valence-electron chi connectivity index (χ4n) is 7.74. The normalized spacial score (nSPS) is 29.7. The molecule has 0 spiro atoms. The Balaban J connectivity index is 1.18. The first kappa shape index (κ1) is 28.2. The molecule has 2 N–H and O–H groups in total. The predicted molar refractivity (Wildman–Crippen MR) is 153 cm³/mol. The second-order valence-corrected chi connectivity index (χ2v) is 13.7. The molecule has 1 aromatic heterocycles. The van der Waals surface area contributed by atoms with Crippen molar-refractivity contribution in [3.8, 4) is 5.75 Å². The van der Waals surface area contributed by atoms with E-state index in [1.54, 1.807) is 18.9 Å². The van der Waals surface area contributed by atoms with Crippen LogP contribution in [0.3, 0.4) is 0 Å². The minimum absolute atomic E-state index is 0.00506. The Hall–Kier alpha value is -3.58. The highest BCUT2D eigenvalue weighted by Crippen LogP contribution is 2.68. The number of anilines is 1. The number of benzene rings is 2. The summed E-state index contributed by atoms with van der Waals surface area (Å²) in [7, 11) is 1.59. The minimum Gasteiger partial charge on any atom is -0.497 e. The zero-order valence-electron chi connectivity index (χ0n) is 22.9. The molecule has 8 atom stereocenters. The Bertz CT molecular complexity index is 1700. The third kappa shape index (κ3) is 4.34. The standard InChI is InChI=1S/C30H26F3N3O5S2/c1-12(25(37)34-15-5-3-4-14(10-15)30(31,32)33)36-27(38)21-17-11-18(22(21)28(36)39)23-20(17)19(13-6-8-16(41-2)9-7-13)24-26(42-23)35-29(40)43-24/h3-10,12,17-23H,11H2,1-2H3,(H,34,37)(H,35,40). The molecule has 43 heavy (non-hydrogen) atoms. The van der Waals surface area contributed by atoms with Crippen LogP contribution < -0.4 is 14.9 Å². The Labute approximate surface area is 252 Å². The number of aromatic nitrogens is 1. The SMILES string of the molecule is COc1ccc(C2c3sc(=O)[nH]c3SC3C4CC(C5C(=O)N(C(C)C(=O)Nc6cccc(C(F)(F)F)c6)C(=O)C45)C23)cc1. The summed E-state index contributed by atoms with van der Waals surface area (Å²) in [6.07, 6.45) is -3.89. The zero-order chi connectivity index (χ0) is 30.4. The third-order valence-corrected chi connectivity index (χ3v) is 12.0. The van der Waals surface area contributed by atoms with Gasteiger partial charge in [-0.2, -0.15) is 13.2 Å². The monoisotopic (exact) mass is 629 g/mol. The summed E-state index contributed by atoms with van der Waals surface area (Å²) in [6, 6.07) is 10.7. The fraction of sp³-hybridized carbons (Fsp3) is 0.400. The number of thiazole rings is 1. The molecule has 8 nitrogen and oxygen atoms in total. The smallest absolute Gasteiger partial charge is 0.416 e. The summed E-state index contributed by atoms with van der Waals surface area (Å²) in [5.41, 5.74) is 0.00819. The van der Waals surface area contributed by atoms with Crippen LogP contribution >= 0.6 is 23.1 Å². The van der Waals surface area contributed by atoms with Gasteiger partial charge >= 0.3 is 11.0 Å². The van der Waals surface area contributed by atoms with E-state index in [0.29, 0.717) is 12.2 Å². The van der Waals surface area contributed by atoms with Crippen molar-refractivity contribution in [3.63, 3.8) is 0 Å². The van der Waals surface area contributed by atoms with E-state index in [9.17, 15) is 32.3 Å². The van der Waals surface area contributed by atoms with Gasteiger partial charge in [0.1, 0.15) is 11.8 Å². The lowest BCUT2D eigenvalue weighted by atomic mass is 9.68. The van der Waals surface area contributed by atoms with Gasteiger partial charge in [-0.05, 0) is 67.0 Å². The number of hydrogen-bond acceptors (Lipinski definition) is 7. The summed E-state index contributed by atoms with van der Waals surface area (Å²) in [4.78, 5) is 58.1. The maximum absolute atomic E-state index is 13.9. The molecule has 13 heteroatoms. The first-order valence-electron chi connectivity index (χ1n) is 13.9. The van der Waals surface area contributed by atoms with Crippen LogP contribution in [0.15, 0.2) is 58.4 Å². The Morgan fingerprint density at radius 1 is 1.07 bits per heavy atom. The molecule has 3 heterocycles. The summed E-state index contributed by atoms with van der Waals surface area (Å²) in [5.74, 6) is -2.47. The highest BCUT2D eigenvalue weighted by Gasteiger charge is 2.70. The molecular formula is C30H26F3N3O5S2. The van der Waals surface area contributed by atoms with Crippen molar-refractivity contribution in [3.05, 3.63) is 74.2 Å². The van der Waals surface area contributed by atoms with Crippen LogP contribution in [0.5, 0.6) is 5.75 Å². The molecule has 3 aromatic rings. The van der Waals surface area contributed by atoms with Gasteiger partial charge in [-0.1, -0.05) is 29.5 Å². The molecule has 2 aromatic carbocycles. The van der Waals surface area contributed by atoms with Crippen LogP contribution in [-0.2, 0) is 20.6 Å². The number of aromatic amines is 1. The van der Waals surface area contributed by atoms with Crippen molar-refractivity contribution in [1.29, 1.82) is 0 Å². The number of imide groups is 1. The lowest BCUT2D eigenvalue weighted by Gasteiger charge is -2.43. The number of nitrogens with zero attached hydrogens (tertiary/aromatic N) is 1. The molecule has 3 fully saturated rings. The average Bonchev–Trinajstić information content (AvgIpc) is 3.71. The number of likely N-dealkylation sites (tertiary alicyclic amines) is 1. The van der Waals surface area contributed by atoms with E-state index in [1.807, 2.05) is 24.3 Å². The van der Waals surface area contributed by atoms with Gasteiger partial charge in [0.25, 0.3) is 0 Å². The Morgan fingerprint density at radius 3 is 2.44 bits per heavy atom. The summed E-state index contributed by atoms with van der Waals surface area (Å²) < 4.78 is 44.8. The second-order valence-electron chi connectivity index (χ2n) is 11.5. The largest absolute Gasteiger partial charge is 0.497 e. The molecule has 2 bridgehead atoms. The van der Waals surface area contributed by atoms with E-state index in [0.717, 1.165) is 32.5 Å². The third-order valence-electron chi connectivity index (χ3n) is 9.46. The van der Waals surface area contributed by atoms with E-state index >= 15 is 0 Å². The first-order chi connectivity index (χ1) is 20.5. The molecule has 3 amide bonds. The summed E-state index contributed by atoms with van der Waals surface area (Å²) in [6.45, 7) is 1.42. The average molecular weight is 630 g/mol. The van der Waals surface area contributed by atoms with Gasteiger partial charge in [-0.25, -0.2) is 0 Å². The van der Waals surface area contributed by atoms with Crippen LogP contribution in [0.25, 0.3) is 0 Å². The van der Waals surface area contributed by atoms with Crippen molar-refractivity contribution in [1.82, 2.24) is 9.88 Å². The number of carbonyl (C=O) groups excluding carboxylic acids is 3. The number of carbonyl (C=O) groups is 3. The minimum atomic E-state index is -4.58. The van der Waals surface area contributed by atoms with Gasteiger partial charge in [-0.15, -0.1) is 11.8 Å². The van der Waals surface area contributed by atoms with Gasteiger partial charge < -0.3 is 15.0 Å². The molecule has 0 radical (unpaired) electrons. The molecule has 8 unspecified atom stereocenters. The zero-order valence-corrected chi connectivity index (χ0v) is 24.5. The predicted octanol–water partition coefficient (Wildman–Crippen LogP) is 4.96. The van der Waals surface area contributed by atoms with Gasteiger partial charge in [-0.3, -0.25) is 24.1 Å². The van der Waals surface area contributed by atoms with Crippen molar-refractivity contribution in [2.75, 3.05) is 12.4 Å². The highest BCUT2D eigenvalue weighted by molar-refractivity contribution is 8.00. The number of hydrogen-bond donors (Lipinski definition) is 2. The van der Waals surface area contributed by atoms with E-state index in [2.05, 4.69) is 10.3 Å². The van der Waals surface area contributed by atoms with Crippen LogP contribution in [0.1, 0.15) is 35.3 Å². The van der Waals surface area contributed by atoms with Gasteiger partial charge in [0.15, 0.2) is 0 Å². The van der Waals surface area contributed by atoms with E-state index in [1.165, 1.54) is 30.4 Å². The topological polar surface area (TPSA) is 109 Å². The number of fused-ring (bicyclic) bond motifs is 9. The molecule has 224 valence electrons. The number of alkyl halides is 3. The molecular weight excluding hydrogens is 603 g/mol. The molecule has 4 aliphatic rings. The van der Waals surface area contributed by atoms with Crippen molar-refractivity contribution < 1.29 is 32.3 Å². The number of ether oxygens (including phenoxy) is 1. The summed E-state index contributed by atoms with van der Waals surface area (Å²) in [5, 5.41) is 3.23. The number of methoxy groups -OCH3 is 1. The van der Waals surface area contributed by atoms with E-state index in [-0.39, 0.29) is 39.5 Å².